The van der Waals surface area contributed by atoms with Crippen LogP contribution < -0.4 is 4.90 Å². The smallest absolute Gasteiger partial charge is 0.225 e. The summed E-state index contributed by atoms with van der Waals surface area (Å²) in [5.74, 6) is 0.916. The van der Waals surface area contributed by atoms with E-state index >= 15 is 0 Å². The van der Waals surface area contributed by atoms with E-state index in [1.54, 1.807) is 0 Å². The summed E-state index contributed by atoms with van der Waals surface area (Å²) in [7, 11) is 0. The van der Waals surface area contributed by atoms with Crippen molar-refractivity contribution in [3.8, 4) is 0 Å². The van der Waals surface area contributed by atoms with Crippen LogP contribution in [0, 0.1) is 0 Å². The van der Waals surface area contributed by atoms with E-state index < -0.39 is 0 Å². The fourth-order valence-corrected chi connectivity index (χ4v) is 1.95. The number of unbranched alkanes of at least 4 members (excludes halogenated alkanes) is 3. The van der Waals surface area contributed by atoms with Gasteiger partial charge in [-0.1, -0.05) is 40.0 Å². The Hall–Kier alpha value is -1.12. The Labute approximate surface area is 112 Å². The van der Waals surface area contributed by atoms with E-state index in [0.29, 0.717) is 0 Å². The third-order valence-corrected chi connectivity index (χ3v) is 3.16. The van der Waals surface area contributed by atoms with Crippen LogP contribution >= 0.6 is 0 Å². The number of hydrogen-bond donors (Lipinski definition) is 0. The molecule has 0 N–H and O–H groups in total. The average Bonchev–Trinajstić information content (AvgIpc) is 2.42. The van der Waals surface area contributed by atoms with Crippen LogP contribution in [0.3, 0.4) is 0 Å². The first-order chi connectivity index (χ1) is 8.81. The predicted octanol–water partition coefficient (Wildman–Crippen LogP) is 3.84. The SMILES string of the molecule is CCCCCN(CCCC)c1nccc(CC)n1. The molecule has 0 fully saturated rings. The monoisotopic (exact) mass is 249 g/mol. The van der Waals surface area contributed by atoms with Crippen molar-refractivity contribution in [3.63, 3.8) is 0 Å². The molecule has 18 heavy (non-hydrogen) atoms. The third-order valence-electron chi connectivity index (χ3n) is 3.16. The van der Waals surface area contributed by atoms with Crippen LogP contribution in [0.4, 0.5) is 5.95 Å². The third kappa shape index (κ3) is 5.03. The number of hydrogen-bond acceptors (Lipinski definition) is 3. The molecular weight excluding hydrogens is 222 g/mol. The van der Waals surface area contributed by atoms with Crippen LogP contribution in [0.1, 0.15) is 58.6 Å². The molecule has 102 valence electrons. The minimum absolute atomic E-state index is 0.916. The summed E-state index contributed by atoms with van der Waals surface area (Å²) in [4.78, 5) is 11.4. The number of aryl methyl sites for hydroxylation is 1. The molecule has 1 heterocycles. The van der Waals surface area contributed by atoms with Crippen LogP contribution in [-0.4, -0.2) is 23.1 Å². The second kappa shape index (κ2) is 8.90. The van der Waals surface area contributed by atoms with Gasteiger partial charge in [0.05, 0.1) is 0 Å². The summed E-state index contributed by atoms with van der Waals surface area (Å²) in [5.41, 5.74) is 1.14. The molecule has 3 nitrogen and oxygen atoms in total. The van der Waals surface area contributed by atoms with Gasteiger partial charge in [0, 0.05) is 25.0 Å². The van der Waals surface area contributed by atoms with Crippen molar-refractivity contribution in [1.82, 2.24) is 9.97 Å². The molecular formula is C15H27N3. The highest BCUT2D eigenvalue weighted by Crippen LogP contribution is 2.11. The van der Waals surface area contributed by atoms with Gasteiger partial charge in [-0.05, 0) is 25.3 Å². The van der Waals surface area contributed by atoms with E-state index in [0.717, 1.165) is 31.2 Å². The second-order valence-electron chi connectivity index (χ2n) is 4.75. The Morgan fingerprint density at radius 1 is 1.00 bits per heavy atom. The normalized spacial score (nSPS) is 10.6. The van der Waals surface area contributed by atoms with Gasteiger partial charge in [0.25, 0.3) is 0 Å². The minimum Gasteiger partial charge on any atom is -0.341 e. The number of nitrogens with zero attached hydrogens (tertiary/aromatic N) is 3. The molecule has 0 amide bonds. The van der Waals surface area contributed by atoms with Gasteiger partial charge in [0.1, 0.15) is 0 Å². The fraction of sp³-hybridized carbons (Fsp3) is 0.733. The van der Waals surface area contributed by atoms with Crippen molar-refractivity contribution < 1.29 is 0 Å². The zero-order valence-electron chi connectivity index (χ0n) is 12.2. The number of rotatable bonds is 9. The van der Waals surface area contributed by atoms with Crippen molar-refractivity contribution in [1.29, 1.82) is 0 Å². The van der Waals surface area contributed by atoms with Gasteiger partial charge in [-0.3, -0.25) is 0 Å². The molecule has 0 aromatic carbocycles. The molecule has 1 aromatic rings. The minimum atomic E-state index is 0.916. The molecule has 0 aliphatic carbocycles. The van der Waals surface area contributed by atoms with E-state index in [-0.39, 0.29) is 0 Å². The average molecular weight is 249 g/mol. The Morgan fingerprint density at radius 3 is 2.39 bits per heavy atom. The molecule has 1 rings (SSSR count). The number of aromatic nitrogens is 2. The molecule has 3 heteroatoms. The lowest BCUT2D eigenvalue weighted by atomic mass is 10.2. The zero-order chi connectivity index (χ0) is 13.2. The highest BCUT2D eigenvalue weighted by Gasteiger charge is 2.08. The van der Waals surface area contributed by atoms with E-state index in [2.05, 4.69) is 35.6 Å². The van der Waals surface area contributed by atoms with Crippen molar-refractivity contribution in [2.45, 2.75) is 59.3 Å². The maximum atomic E-state index is 4.64. The van der Waals surface area contributed by atoms with Gasteiger partial charge in [0.2, 0.25) is 5.95 Å². The summed E-state index contributed by atoms with van der Waals surface area (Å²) in [6.45, 7) is 8.77. The standard InChI is InChI=1S/C15H27N3/c1-4-7-9-13-18(12-8-5-2)15-16-11-10-14(6-3)17-15/h10-11H,4-9,12-13H2,1-3H3. The van der Waals surface area contributed by atoms with Gasteiger partial charge >= 0.3 is 0 Å². The van der Waals surface area contributed by atoms with Gasteiger partial charge in [-0.2, -0.15) is 0 Å². The molecule has 0 atom stereocenters. The predicted molar refractivity (Wildman–Crippen MR) is 78.1 cm³/mol. The molecule has 0 saturated carbocycles. The Kier molecular flexibility index (Phi) is 7.38. The lowest BCUT2D eigenvalue weighted by Crippen LogP contribution is -2.27. The molecule has 0 aliphatic rings. The summed E-state index contributed by atoms with van der Waals surface area (Å²) < 4.78 is 0. The summed E-state index contributed by atoms with van der Waals surface area (Å²) >= 11 is 0. The first-order valence-corrected chi connectivity index (χ1v) is 7.38. The van der Waals surface area contributed by atoms with E-state index in [9.17, 15) is 0 Å². The fourth-order valence-electron chi connectivity index (χ4n) is 1.95. The van der Waals surface area contributed by atoms with E-state index in [4.69, 9.17) is 0 Å². The van der Waals surface area contributed by atoms with E-state index in [1.807, 2.05) is 12.3 Å². The Balaban J connectivity index is 2.66. The Morgan fingerprint density at radius 2 is 1.72 bits per heavy atom. The second-order valence-corrected chi connectivity index (χ2v) is 4.75. The van der Waals surface area contributed by atoms with Crippen molar-refractivity contribution in [2.75, 3.05) is 18.0 Å². The molecule has 0 aliphatic heterocycles. The lowest BCUT2D eigenvalue weighted by molar-refractivity contribution is 0.639. The first kappa shape index (κ1) is 14.9. The van der Waals surface area contributed by atoms with Crippen LogP contribution in [0.15, 0.2) is 12.3 Å². The van der Waals surface area contributed by atoms with Crippen molar-refractivity contribution in [2.24, 2.45) is 0 Å². The van der Waals surface area contributed by atoms with Crippen molar-refractivity contribution in [3.05, 3.63) is 18.0 Å². The molecule has 0 unspecified atom stereocenters. The van der Waals surface area contributed by atoms with Gasteiger partial charge in [0.15, 0.2) is 0 Å². The van der Waals surface area contributed by atoms with Gasteiger partial charge < -0.3 is 4.90 Å². The highest BCUT2D eigenvalue weighted by atomic mass is 15.2. The summed E-state index contributed by atoms with van der Waals surface area (Å²) in [5, 5.41) is 0. The van der Waals surface area contributed by atoms with Crippen LogP contribution in [0.5, 0.6) is 0 Å². The highest BCUT2D eigenvalue weighted by molar-refractivity contribution is 5.30. The quantitative estimate of drug-likeness (QED) is 0.623. The van der Waals surface area contributed by atoms with Crippen LogP contribution in [0.2, 0.25) is 0 Å². The maximum Gasteiger partial charge on any atom is 0.225 e. The maximum absolute atomic E-state index is 4.64. The summed E-state index contributed by atoms with van der Waals surface area (Å²) in [6.07, 6.45) is 9.09. The Bertz CT molecular complexity index is 325. The topological polar surface area (TPSA) is 29.0 Å². The van der Waals surface area contributed by atoms with Crippen molar-refractivity contribution >= 4 is 5.95 Å². The van der Waals surface area contributed by atoms with E-state index in [1.165, 1.54) is 32.1 Å². The summed E-state index contributed by atoms with van der Waals surface area (Å²) in [6, 6.07) is 2.01. The van der Waals surface area contributed by atoms with Gasteiger partial charge in [-0.15, -0.1) is 0 Å². The van der Waals surface area contributed by atoms with Crippen LogP contribution in [0.25, 0.3) is 0 Å². The largest absolute Gasteiger partial charge is 0.341 e. The number of anilines is 1. The molecule has 0 radical (unpaired) electrons. The molecule has 1 aromatic heterocycles. The first-order valence-electron chi connectivity index (χ1n) is 7.38. The molecule has 0 spiro atoms. The lowest BCUT2D eigenvalue weighted by Gasteiger charge is -2.22. The molecule has 0 saturated heterocycles. The molecule has 0 bridgehead atoms. The van der Waals surface area contributed by atoms with Crippen LogP contribution in [-0.2, 0) is 6.42 Å². The zero-order valence-corrected chi connectivity index (χ0v) is 12.2. The van der Waals surface area contributed by atoms with Gasteiger partial charge in [-0.25, -0.2) is 9.97 Å².